The van der Waals surface area contributed by atoms with E-state index in [9.17, 15) is 35.1 Å². The van der Waals surface area contributed by atoms with Crippen molar-refractivity contribution in [2.24, 2.45) is 5.73 Å². The highest BCUT2D eigenvalue weighted by molar-refractivity contribution is 6.22. The van der Waals surface area contributed by atoms with Crippen LogP contribution in [0, 0.1) is 5.41 Å². The van der Waals surface area contributed by atoms with Crippen molar-refractivity contribution in [3.63, 3.8) is 0 Å². The molecular formula is C21H19N5O7. The number of amides is 1. The van der Waals surface area contributed by atoms with Gasteiger partial charge >= 0.3 is 0 Å². The molecular weight excluding hydrogens is 434 g/mol. The Labute approximate surface area is 184 Å². The van der Waals surface area contributed by atoms with Crippen LogP contribution in [-0.4, -0.2) is 65.4 Å². The quantitative estimate of drug-likeness (QED) is 0.239. The maximum absolute atomic E-state index is 12.4. The summed E-state index contributed by atoms with van der Waals surface area (Å²) in [6.45, 7) is 0. The fourth-order valence-corrected chi connectivity index (χ4v) is 3.62. The Morgan fingerprint density at radius 3 is 2.55 bits per heavy atom. The Morgan fingerprint density at radius 1 is 1.12 bits per heavy atom. The molecule has 1 aliphatic carbocycles. The number of H-pyrrole nitrogens is 1. The van der Waals surface area contributed by atoms with E-state index in [4.69, 9.17) is 11.1 Å². The number of carbonyl (C=O) groups excluding carboxylic acids is 1. The van der Waals surface area contributed by atoms with Crippen molar-refractivity contribution in [3.8, 4) is 22.9 Å². The second-order valence-electron chi connectivity index (χ2n) is 7.42. The van der Waals surface area contributed by atoms with Crippen LogP contribution >= 0.6 is 0 Å². The zero-order valence-corrected chi connectivity index (χ0v) is 16.8. The van der Waals surface area contributed by atoms with Gasteiger partial charge in [-0.3, -0.25) is 9.59 Å². The SMILES string of the molecule is N=C1C(C(N)=O)=C(O)[C@H](Nc2cc(-c3nc4c(O)cccc4c(=O)[nH]3)ccc2O)[C@@H](O)[C@@H]1O. The number of anilines is 1. The number of aromatic hydroxyl groups is 2. The normalized spacial score (nSPS) is 20.8. The van der Waals surface area contributed by atoms with Gasteiger partial charge in [0.1, 0.15) is 52.4 Å². The van der Waals surface area contributed by atoms with E-state index in [-0.39, 0.29) is 39.5 Å². The summed E-state index contributed by atoms with van der Waals surface area (Å²) in [5.41, 5.74) is 3.57. The van der Waals surface area contributed by atoms with Gasteiger partial charge in [0, 0.05) is 5.56 Å². The molecule has 3 aromatic rings. The number of aliphatic hydroxyl groups excluding tert-OH is 3. The molecule has 33 heavy (non-hydrogen) atoms. The molecule has 1 aliphatic rings. The fraction of sp³-hybridized carbons (Fsp3) is 0.143. The first kappa shape index (κ1) is 21.8. The van der Waals surface area contributed by atoms with Crippen LogP contribution in [0.3, 0.4) is 0 Å². The molecule has 4 rings (SSSR count). The number of nitrogens with zero attached hydrogens (tertiary/aromatic N) is 1. The third-order valence-electron chi connectivity index (χ3n) is 5.32. The van der Waals surface area contributed by atoms with Gasteiger partial charge in [0.2, 0.25) is 0 Å². The zero-order valence-electron chi connectivity index (χ0n) is 16.8. The lowest BCUT2D eigenvalue weighted by molar-refractivity contribution is -0.114. The molecule has 12 nitrogen and oxygen atoms in total. The molecule has 170 valence electrons. The van der Waals surface area contributed by atoms with Crippen LogP contribution in [0.15, 0.2) is 52.5 Å². The van der Waals surface area contributed by atoms with E-state index in [1.54, 1.807) is 0 Å². The molecule has 0 unspecified atom stereocenters. The number of para-hydroxylation sites is 1. The molecule has 1 heterocycles. The summed E-state index contributed by atoms with van der Waals surface area (Å²) < 4.78 is 0. The number of rotatable bonds is 4. The number of hydrogen-bond acceptors (Lipinski definition) is 10. The monoisotopic (exact) mass is 453 g/mol. The van der Waals surface area contributed by atoms with Gasteiger partial charge in [-0.15, -0.1) is 0 Å². The Balaban J connectivity index is 1.78. The van der Waals surface area contributed by atoms with Crippen LogP contribution < -0.4 is 16.6 Å². The molecule has 12 heteroatoms. The Morgan fingerprint density at radius 2 is 1.85 bits per heavy atom. The Hall–Kier alpha value is -4.42. The molecule has 0 aliphatic heterocycles. The maximum atomic E-state index is 12.4. The summed E-state index contributed by atoms with van der Waals surface area (Å²) >= 11 is 0. The highest BCUT2D eigenvalue weighted by atomic mass is 16.3. The van der Waals surface area contributed by atoms with E-state index in [1.165, 1.54) is 36.4 Å². The number of aromatic amines is 1. The predicted molar refractivity (Wildman–Crippen MR) is 117 cm³/mol. The third kappa shape index (κ3) is 3.62. The standard InChI is InChI=1S/C21H19N5O7/c22-13-12(19(23)32)16(29)15(18(31)17(13)30)24-9-6-7(4-5-10(9)27)20-25-14-8(21(33)26-20)2-1-3-11(14)28/h1-6,15,17-18,22,24,27-31H,(H2,23,32)(H,25,26,33)/t15-,17+,18+/m0/s1. The molecule has 0 saturated carbocycles. The van der Waals surface area contributed by atoms with Gasteiger partial charge in [-0.05, 0) is 30.3 Å². The number of primary amides is 1. The number of carbonyl (C=O) groups is 1. The van der Waals surface area contributed by atoms with Gasteiger partial charge in [0.15, 0.2) is 0 Å². The second kappa shape index (κ2) is 7.93. The summed E-state index contributed by atoms with van der Waals surface area (Å²) in [7, 11) is 0. The minimum Gasteiger partial charge on any atom is -0.509 e. The minimum atomic E-state index is -1.83. The Bertz CT molecular complexity index is 1400. The van der Waals surface area contributed by atoms with Crippen LogP contribution in [0.4, 0.5) is 5.69 Å². The van der Waals surface area contributed by atoms with Crippen molar-refractivity contribution < 1.29 is 30.3 Å². The summed E-state index contributed by atoms with van der Waals surface area (Å²) in [5, 5.41) is 61.7. The number of phenolic OH excluding ortho intramolecular Hbond substituents is 2. The summed E-state index contributed by atoms with van der Waals surface area (Å²) in [6.07, 6.45) is -3.58. The number of aromatic nitrogens is 2. The molecule has 3 atom stereocenters. The number of nitrogens with one attached hydrogen (secondary N) is 3. The molecule has 0 bridgehead atoms. The smallest absolute Gasteiger partial charge is 0.259 e. The van der Waals surface area contributed by atoms with Gasteiger partial charge in [0.05, 0.1) is 16.8 Å². The molecule has 0 spiro atoms. The Kier molecular flexibility index (Phi) is 5.24. The van der Waals surface area contributed by atoms with Crippen LogP contribution in [-0.2, 0) is 4.79 Å². The zero-order chi connectivity index (χ0) is 24.0. The first-order valence-corrected chi connectivity index (χ1v) is 9.60. The van der Waals surface area contributed by atoms with Crippen molar-refractivity contribution in [1.82, 2.24) is 9.97 Å². The van der Waals surface area contributed by atoms with Crippen LogP contribution in [0.25, 0.3) is 22.3 Å². The number of aliphatic hydroxyl groups is 3. The largest absolute Gasteiger partial charge is 0.509 e. The molecule has 0 radical (unpaired) electrons. The van der Waals surface area contributed by atoms with Crippen molar-refractivity contribution in [1.29, 1.82) is 5.41 Å². The average Bonchev–Trinajstić information content (AvgIpc) is 2.77. The van der Waals surface area contributed by atoms with Crippen molar-refractivity contribution in [3.05, 3.63) is 58.1 Å². The lowest BCUT2D eigenvalue weighted by Gasteiger charge is -2.33. The van der Waals surface area contributed by atoms with E-state index in [1.807, 2.05) is 0 Å². The van der Waals surface area contributed by atoms with Crippen molar-refractivity contribution in [2.75, 3.05) is 5.32 Å². The minimum absolute atomic E-state index is 0.0562. The summed E-state index contributed by atoms with van der Waals surface area (Å²) in [4.78, 5) is 30.9. The maximum Gasteiger partial charge on any atom is 0.259 e. The van der Waals surface area contributed by atoms with E-state index in [0.717, 1.165) is 0 Å². The van der Waals surface area contributed by atoms with E-state index in [2.05, 4.69) is 15.3 Å². The number of nitrogens with two attached hydrogens (primary N) is 1. The van der Waals surface area contributed by atoms with E-state index < -0.39 is 46.8 Å². The number of hydrogen-bond donors (Lipinski definition) is 9. The molecule has 2 aromatic carbocycles. The third-order valence-corrected chi connectivity index (χ3v) is 5.32. The van der Waals surface area contributed by atoms with Gasteiger partial charge in [-0.2, -0.15) is 0 Å². The van der Waals surface area contributed by atoms with Crippen molar-refractivity contribution >= 4 is 28.2 Å². The average molecular weight is 453 g/mol. The van der Waals surface area contributed by atoms with Gasteiger partial charge < -0.3 is 47.0 Å². The highest BCUT2D eigenvalue weighted by Crippen LogP contribution is 2.33. The van der Waals surface area contributed by atoms with Gasteiger partial charge in [-0.25, -0.2) is 4.98 Å². The summed E-state index contributed by atoms with van der Waals surface area (Å²) in [5.74, 6) is -2.43. The second-order valence-corrected chi connectivity index (χ2v) is 7.42. The first-order valence-electron chi connectivity index (χ1n) is 9.60. The van der Waals surface area contributed by atoms with Crippen molar-refractivity contribution in [2.45, 2.75) is 18.2 Å². The number of phenols is 2. The first-order chi connectivity index (χ1) is 15.6. The molecule has 1 amide bonds. The topological polar surface area (TPSA) is 226 Å². The lowest BCUT2D eigenvalue weighted by atomic mass is 9.86. The number of benzene rings is 2. The fourth-order valence-electron chi connectivity index (χ4n) is 3.62. The number of fused-ring (bicyclic) bond motifs is 1. The molecule has 10 N–H and O–H groups in total. The van der Waals surface area contributed by atoms with E-state index >= 15 is 0 Å². The van der Waals surface area contributed by atoms with Crippen LogP contribution in [0.2, 0.25) is 0 Å². The van der Waals surface area contributed by atoms with Gasteiger partial charge in [-0.1, -0.05) is 6.07 Å². The molecule has 0 saturated heterocycles. The van der Waals surface area contributed by atoms with Crippen LogP contribution in [0.1, 0.15) is 0 Å². The molecule has 1 aromatic heterocycles. The lowest BCUT2D eigenvalue weighted by Crippen LogP contribution is -2.53. The highest BCUT2D eigenvalue weighted by Gasteiger charge is 2.42. The predicted octanol–water partition coefficient (Wildman–Crippen LogP) is -0.166. The van der Waals surface area contributed by atoms with Crippen LogP contribution in [0.5, 0.6) is 11.5 Å². The summed E-state index contributed by atoms with van der Waals surface area (Å²) in [6, 6.07) is 6.88. The van der Waals surface area contributed by atoms with Gasteiger partial charge in [0.25, 0.3) is 11.5 Å². The van der Waals surface area contributed by atoms with E-state index in [0.29, 0.717) is 0 Å². The molecule has 0 fully saturated rings.